The number of aliphatic hydroxyl groups is 1. The first kappa shape index (κ1) is 26.1. The number of benzene rings is 1. The monoisotopic (exact) mass is 523 g/mol. The van der Waals surface area contributed by atoms with Crippen LogP contribution in [0, 0.1) is 31.5 Å². The summed E-state index contributed by atoms with van der Waals surface area (Å²) in [6.45, 7) is 5.52. The maximum Gasteiger partial charge on any atom is 0.255 e. The Labute approximate surface area is 220 Å². The van der Waals surface area contributed by atoms with Crippen molar-refractivity contribution < 1.29 is 23.8 Å². The van der Waals surface area contributed by atoms with Crippen LogP contribution in [-0.2, 0) is 4.79 Å². The molecule has 4 N–H and O–H groups in total. The molecule has 2 aromatic heterocycles. The highest BCUT2D eigenvalue weighted by Gasteiger charge is 2.31. The highest BCUT2D eigenvalue weighted by molar-refractivity contribution is 6.09. The third kappa shape index (κ3) is 5.22. The van der Waals surface area contributed by atoms with Crippen molar-refractivity contribution in [2.45, 2.75) is 65.0 Å². The minimum atomic E-state index is -0.534. The lowest BCUT2D eigenvalue weighted by Gasteiger charge is -2.34. The molecular formula is C28H34FN5O4. The van der Waals surface area contributed by atoms with Crippen LogP contribution in [0.2, 0.25) is 0 Å². The Morgan fingerprint density at radius 2 is 1.95 bits per heavy atom. The van der Waals surface area contributed by atoms with E-state index in [0.29, 0.717) is 71.1 Å². The van der Waals surface area contributed by atoms with Crippen LogP contribution in [0.5, 0.6) is 5.75 Å². The van der Waals surface area contributed by atoms with Crippen molar-refractivity contribution in [3.05, 3.63) is 41.1 Å². The van der Waals surface area contributed by atoms with Crippen molar-refractivity contribution in [2.75, 3.05) is 13.2 Å². The van der Waals surface area contributed by atoms with Gasteiger partial charge in [0.15, 0.2) is 0 Å². The van der Waals surface area contributed by atoms with Crippen molar-refractivity contribution in [3.63, 3.8) is 0 Å². The van der Waals surface area contributed by atoms with E-state index in [1.54, 1.807) is 26.0 Å². The Balaban J connectivity index is 1.41. The first-order valence-corrected chi connectivity index (χ1v) is 13.2. The number of rotatable bonds is 8. The summed E-state index contributed by atoms with van der Waals surface area (Å²) in [5.41, 5.74) is 3.04. The number of nitrogens with one attached hydrogen (secondary N) is 3. The van der Waals surface area contributed by atoms with E-state index in [-0.39, 0.29) is 35.4 Å². The minimum Gasteiger partial charge on any atom is -0.492 e. The van der Waals surface area contributed by atoms with E-state index >= 15 is 4.39 Å². The Kier molecular flexibility index (Phi) is 7.34. The molecule has 2 saturated carbocycles. The quantitative estimate of drug-likeness (QED) is 0.357. The molecule has 3 aromatic rings. The number of fused-ring (bicyclic) bond motifs is 1. The number of hydrogen-bond donors (Lipinski definition) is 4. The maximum absolute atomic E-state index is 15.5. The maximum atomic E-state index is 15.5. The van der Waals surface area contributed by atoms with Crippen LogP contribution in [0.15, 0.2) is 18.5 Å². The smallest absolute Gasteiger partial charge is 0.255 e. The summed E-state index contributed by atoms with van der Waals surface area (Å²) >= 11 is 0. The number of aryl methyl sites for hydroxylation is 2. The number of aromatic nitrogens is 3. The Hall–Kier alpha value is -3.53. The molecule has 2 aliphatic carbocycles. The molecular weight excluding hydrogens is 489 g/mol. The summed E-state index contributed by atoms with van der Waals surface area (Å²) in [5.74, 6) is 0.0157. The van der Waals surface area contributed by atoms with Crippen LogP contribution >= 0.6 is 0 Å². The molecule has 1 aromatic carbocycles. The van der Waals surface area contributed by atoms with Crippen LogP contribution in [0.25, 0.3) is 22.3 Å². The zero-order valence-corrected chi connectivity index (χ0v) is 21.9. The van der Waals surface area contributed by atoms with Crippen LogP contribution in [-0.4, -0.2) is 57.2 Å². The van der Waals surface area contributed by atoms with E-state index in [2.05, 4.69) is 25.6 Å². The number of aromatic amines is 1. The van der Waals surface area contributed by atoms with Crippen LogP contribution in [0.3, 0.4) is 0 Å². The Morgan fingerprint density at radius 3 is 2.66 bits per heavy atom. The first-order chi connectivity index (χ1) is 18.3. The SMILES string of the molecule is Cc1ccc(OCC2CC2)c(-c2ncnc3c(C(=O)N[C@H]4CC[C@H](NC(=O)CO)[C@H](C)C4)c(C)[nH]c23)c1F. The molecule has 0 radical (unpaired) electrons. The highest BCUT2D eigenvalue weighted by Crippen LogP contribution is 2.39. The standard InChI is InChI=1S/C28H34FN5O4/c1-14-4-9-20(38-12-17-5-6-17)23(24(14)29)26-27-25(30-13-31-26)22(16(3)32-27)28(37)33-18-7-8-19(15(2)10-18)34-21(36)11-35/h4,9,13,15,17-19,32,35H,5-8,10-12H2,1-3H3,(H,33,37)(H,34,36)/t15-,18+,19+/m1/s1. The molecule has 5 rings (SSSR count). The number of H-pyrrole nitrogens is 1. The number of aliphatic hydroxyl groups excluding tert-OH is 1. The van der Waals surface area contributed by atoms with E-state index in [0.717, 1.165) is 12.8 Å². The van der Waals surface area contributed by atoms with Crippen molar-refractivity contribution in [1.82, 2.24) is 25.6 Å². The van der Waals surface area contributed by atoms with E-state index in [4.69, 9.17) is 9.84 Å². The van der Waals surface area contributed by atoms with Gasteiger partial charge in [-0.3, -0.25) is 9.59 Å². The van der Waals surface area contributed by atoms with Gasteiger partial charge in [-0.05, 0) is 69.4 Å². The number of carbonyl (C=O) groups is 2. The topological polar surface area (TPSA) is 129 Å². The fraction of sp³-hybridized carbons (Fsp3) is 0.500. The predicted octanol–water partition coefficient (Wildman–Crippen LogP) is 3.57. The number of ether oxygens (including phenoxy) is 1. The van der Waals surface area contributed by atoms with Gasteiger partial charge in [0.2, 0.25) is 5.91 Å². The molecule has 2 fully saturated rings. The average Bonchev–Trinajstić information content (AvgIpc) is 3.66. The van der Waals surface area contributed by atoms with E-state index < -0.39 is 12.4 Å². The summed E-state index contributed by atoms with van der Waals surface area (Å²) in [4.78, 5) is 37.1. The molecule has 2 heterocycles. The lowest BCUT2D eigenvalue weighted by atomic mass is 9.82. The summed E-state index contributed by atoms with van der Waals surface area (Å²) in [5, 5.41) is 15.0. The van der Waals surface area contributed by atoms with Gasteiger partial charge in [-0.25, -0.2) is 14.4 Å². The third-order valence-electron chi connectivity index (χ3n) is 7.70. The molecule has 2 aliphatic rings. The molecule has 3 atom stereocenters. The Morgan fingerprint density at radius 1 is 1.16 bits per heavy atom. The summed E-state index contributed by atoms with van der Waals surface area (Å²) in [6, 6.07) is 3.37. The fourth-order valence-electron chi connectivity index (χ4n) is 5.34. The molecule has 0 bridgehead atoms. The molecule has 38 heavy (non-hydrogen) atoms. The van der Waals surface area contributed by atoms with Crippen LogP contribution in [0.1, 0.15) is 60.6 Å². The number of halogens is 1. The van der Waals surface area contributed by atoms with Crippen LogP contribution in [0.4, 0.5) is 4.39 Å². The van der Waals surface area contributed by atoms with Crippen molar-refractivity contribution in [3.8, 4) is 17.0 Å². The third-order valence-corrected chi connectivity index (χ3v) is 7.70. The zero-order chi connectivity index (χ0) is 27.0. The highest BCUT2D eigenvalue weighted by atomic mass is 19.1. The molecule has 202 valence electrons. The number of nitrogens with zero attached hydrogens (tertiary/aromatic N) is 2. The molecule has 0 saturated heterocycles. The second-order valence-corrected chi connectivity index (χ2v) is 10.7. The second kappa shape index (κ2) is 10.7. The number of hydrogen-bond acceptors (Lipinski definition) is 6. The summed E-state index contributed by atoms with van der Waals surface area (Å²) in [6.07, 6.45) is 5.68. The van der Waals surface area contributed by atoms with E-state index in [1.165, 1.54) is 6.33 Å². The Bertz CT molecular complexity index is 1370. The molecule has 2 amide bonds. The fourth-order valence-corrected chi connectivity index (χ4v) is 5.34. The van der Waals surface area contributed by atoms with E-state index in [9.17, 15) is 9.59 Å². The molecule has 0 spiro atoms. The first-order valence-electron chi connectivity index (χ1n) is 13.2. The van der Waals surface area contributed by atoms with Crippen LogP contribution < -0.4 is 15.4 Å². The zero-order valence-electron chi connectivity index (χ0n) is 21.9. The van der Waals surface area contributed by atoms with E-state index in [1.807, 2.05) is 6.92 Å². The molecule has 0 unspecified atom stereocenters. The van der Waals surface area contributed by atoms with Crippen molar-refractivity contribution >= 4 is 22.8 Å². The molecule has 0 aliphatic heterocycles. The second-order valence-electron chi connectivity index (χ2n) is 10.7. The van der Waals surface area contributed by atoms with Gasteiger partial charge < -0.3 is 25.5 Å². The number of amides is 2. The number of carbonyl (C=O) groups excluding carboxylic acids is 2. The normalized spacial score (nSPS) is 21.3. The summed E-state index contributed by atoms with van der Waals surface area (Å²) in [7, 11) is 0. The minimum absolute atomic E-state index is 0.0338. The van der Waals surface area contributed by atoms with Gasteiger partial charge in [0.05, 0.1) is 23.3 Å². The van der Waals surface area contributed by atoms with Gasteiger partial charge in [0.25, 0.3) is 5.91 Å². The lowest BCUT2D eigenvalue weighted by Crippen LogP contribution is -2.48. The molecule has 10 heteroatoms. The largest absolute Gasteiger partial charge is 0.492 e. The summed E-state index contributed by atoms with van der Waals surface area (Å²) < 4.78 is 21.5. The van der Waals surface area contributed by atoms with Gasteiger partial charge in [-0.15, -0.1) is 0 Å². The van der Waals surface area contributed by atoms with Gasteiger partial charge >= 0.3 is 0 Å². The van der Waals surface area contributed by atoms with Gasteiger partial charge in [0.1, 0.15) is 35.7 Å². The molecule has 9 nitrogen and oxygen atoms in total. The van der Waals surface area contributed by atoms with Gasteiger partial charge in [-0.2, -0.15) is 0 Å². The van der Waals surface area contributed by atoms with Gasteiger partial charge in [-0.1, -0.05) is 13.0 Å². The van der Waals surface area contributed by atoms with Gasteiger partial charge in [0, 0.05) is 17.8 Å². The van der Waals surface area contributed by atoms with Crippen molar-refractivity contribution in [1.29, 1.82) is 0 Å². The lowest BCUT2D eigenvalue weighted by molar-refractivity contribution is -0.125. The average molecular weight is 524 g/mol. The predicted molar refractivity (Wildman–Crippen MR) is 140 cm³/mol. The van der Waals surface area contributed by atoms with Crippen molar-refractivity contribution in [2.24, 2.45) is 11.8 Å².